The third-order valence-electron chi connectivity index (χ3n) is 3.32. The predicted molar refractivity (Wildman–Crippen MR) is 76.5 cm³/mol. The minimum absolute atomic E-state index is 0.303. The highest BCUT2D eigenvalue weighted by Gasteiger charge is 2.33. The summed E-state index contributed by atoms with van der Waals surface area (Å²) in [4.78, 5) is 12.0. The van der Waals surface area contributed by atoms with Gasteiger partial charge in [-0.2, -0.15) is 5.10 Å². The molecule has 1 saturated carbocycles. The molecule has 20 heavy (non-hydrogen) atoms. The highest BCUT2D eigenvalue weighted by atomic mass is 35.5. The number of nitrogens with zero attached hydrogens (tertiary/aromatic N) is 2. The number of hydrogen-bond donors (Lipinski definition) is 0. The van der Waals surface area contributed by atoms with Crippen molar-refractivity contribution in [2.45, 2.75) is 25.7 Å². The van der Waals surface area contributed by atoms with Crippen LogP contribution < -0.4 is 0 Å². The van der Waals surface area contributed by atoms with Gasteiger partial charge >= 0.3 is 5.97 Å². The van der Waals surface area contributed by atoms with Crippen LogP contribution in [0.2, 0.25) is 5.02 Å². The number of esters is 1. The van der Waals surface area contributed by atoms with E-state index in [2.05, 4.69) is 5.10 Å². The lowest BCUT2D eigenvalue weighted by molar-refractivity contribution is 0.0525. The Balaban J connectivity index is 2.06. The molecule has 0 amide bonds. The second-order valence-corrected chi connectivity index (χ2v) is 5.27. The first-order valence-corrected chi connectivity index (χ1v) is 7.09. The highest BCUT2D eigenvalue weighted by molar-refractivity contribution is 6.30. The summed E-state index contributed by atoms with van der Waals surface area (Å²) in [6.07, 6.45) is 3.75. The largest absolute Gasteiger partial charge is 0.462 e. The minimum Gasteiger partial charge on any atom is -0.462 e. The molecule has 0 bridgehead atoms. The summed E-state index contributed by atoms with van der Waals surface area (Å²) in [5, 5.41) is 5.00. The fraction of sp³-hybridized carbons (Fsp3) is 0.333. The van der Waals surface area contributed by atoms with E-state index in [9.17, 15) is 4.79 Å². The maximum Gasteiger partial charge on any atom is 0.341 e. The molecule has 1 heterocycles. The summed E-state index contributed by atoms with van der Waals surface area (Å²) in [6, 6.07) is 7.47. The van der Waals surface area contributed by atoms with Crippen LogP contribution >= 0.6 is 11.6 Å². The SMILES string of the molecule is CCOC(=O)c1cnn(-c2cccc(Cl)c2)c1C1CC1. The van der Waals surface area contributed by atoms with Crippen LogP contribution in [-0.4, -0.2) is 22.4 Å². The molecule has 0 aliphatic heterocycles. The number of ether oxygens (including phenoxy) is 1. The molecule has 5 heteroatoms. The van der Waals surface area contributed by atoms with E-state index in [1.54, 1.807) is 17.8 Å². The second kappa shape index (κ2) is 5.29. The first-order valence-electron chi connectivity index (χ1n) is 6.71. The van der Waals surface area contributed by atoms with Gasteiger partial charge in [-0.05, 0) is 38.0 Å². The van der Waals surface area contributed by atoms with Gasteiger partial charge in [-0.15, -0.1) is 0 Å². The van der Waals surface area contributed by atoms with Crippen LogP contribution in [0, 0.1) is 0 Å². The molecule has 0 radical (unpaired) electrons. The van der Waals surface area contributed by atoms with E-state index in [0.29, 0.717) is 23.1 Å². The number of hydrogen-bond acceptors (Lipinski definition) is 3. The van der Waals surface area contributed by atoms with Gasteiger partial charge < -0.3 is 4.74 Å². The zero-order chi connectivity index (χ0) is 14.1. The number of carbonyl (C=O) groups is 1. The van der Waals surface area contributed by atoms with Crippen molar-refractivity contribution in [3.8, 4) is 5.69 Å². The average molecular weight is 291 g/mol. The summed E-state index contributed by atoms with van der Waals surface area (Å²) in [7, 11) is 0. The predicted octanol–water partition coefficient (Wildman–Crippen LogP) is 3.58. The molecule has 4 nitrogen and oxygen atoms in total. The zero-order valence-corrected chi connectivity index (χ0v) is 11.9. The maximum absolute atomic E-state index is 12.0. The fourth-order valence-corrected chi connectivity index (χ4v) is 2.47. The second-order valence-electron chi connectivity index (χ2n) is 4.83. The average Bonchev–Trinajstić information content (AvgIpc) is 3.17. The van der Waals surface area contributed by atoms with Gasteiger partial charge in [0, 0.05) is 10.9 Å². The molecule has 0 N–H and O–H groups in total. The number of carbonyl (C=O) groups excluding carboxylic acids is 1. The van der Waals surface area contributed by atoms with Gasteiger partial charge in [0.25, 0.3) is 0 Å². The molecule has 0 saturated heterocycles. The van der Waals surface area contributed by atoms with E-state index in [1.807, 2.05) is 24.3 Å². The number of aromatic nitrogens is 2. The van der Waals surface area contributed by atoms with Crippen molar-refractivity contribution >= 4 is 17.6 Å². The third kappa shape index (κ3) is 2.43. The summed E-state index contributed by atoms with van der Waals surface area (Å²) in [5.41, 5.74) is 2.37. The van der Waals surface area contributed by atoms with Crippen molar-refractivity contribution in [1.82, 2.24) is 9.78 Å². The molecule has 1 aliphatic rings. The monoisotopic (exact) mass is 290 g/mol. The van der Waals surface area contributed by atoms with Crippen molar-refractivity contribution < 1.29 is 9.53 Å². The molecular formula is C15H15ClN2O2. The summed E-state index contributed by atoms with van der Waals surface area (Å²) >= 11 is 6.03. The molecule has 1 aromatic heterocycles. The molecular weight excluding hydrogens is 276 g/mol. The van der Waals surface area contributed by atoms with Gasteiger partial charge in [-0.25, -0.2) is 9.48 Å². The van der Waals surface area contributed by atoms with Crippen molar-refractivity contribution in [2.75, 3.05) is 6.61 Å². The van der Waals surface area contributed by atoms with Crippen molar-refractivity contribution in [2.24, 2.45) is 0 Å². The Bertz CT molecular complexity index is 647. The van der Waals surface area contributed by atoms with Gasteiger partial charge in [0.05, 0.1) is 24.2 Å². The molecule has 2 aromatic rings. The first kappa shape index (κ1) is 13.2. The Labute approximate surface area is 122 Å². The summed E-state index contributed by atoms with van der Waals surface area (Å²) in [5.74, 6) is 0.0820. The summed E-state index contributed by atoms with van der Waals surface area (Å²) < 4.78 is 6.90. The molecule has 104 valence electrons. The van der Waals surface area contributed by atoms with Gasteiger partial charge in [0.2, 0.25) is 0 Å². The van der Waals surface area contributed by atoms with E-state index < -0.39 is 0 Å². The highest BCUT2D eigenvalue weighted by Crippen LogP contribution is 2.42. The van der Waals surface area contributed by atoms with E-state index >= 15 is 0 Å². The Hall–Kier alpha value is -1.81. The Morgan fingerprint density at radius 3 is 2.95 bits per heavy atom. The Kier molecular flexibility index (Phi) is 3.49. The number of rotatable bonds is 4. The molecule has 0 unspecified atom stereocenters. The Morgan fingerprint density at radius 1 is 1.50 bits per heavy atom. The van der Waals surface area contributed by atoms with Gasteiger partial charge in [-0.1, -0.05) is 17.7 Å². The van der Waals surface area contributed by atoms with E-state index in [1.165, 1.54) is 0 Å². The standard InChI is InChI=1S/C15H15ClN2O2/c1-2-20-15(19)13-9-17-18(14(13)10-6-7-10)12-5-3-4-11(16)8-12/h3-5,8-10H,2,6-7H2,1H3. The molecule has 1 fully saturated rings. The van der Waals surface area contributed by atoms with E-state index in [4.69, 9.17) is 16.3 Å². The van der Waals surface area contributed by atoms with Crippen molar-refractivity contribution in [3.05, 3.63) is 46.7 Å². The summed E-state index contributed by atoms with van der Waals surface area (Å²) in [6.45, 7) is 2.17. The van der Waals surface area contributed by atoms with Crippen molar-refractivity contribution in [1.29, 1.82) is 0 Å². The van der Waals surface area contributed by atoms with E-state index in [0.717, 1.165) is 24.2 Å². The van der Waals surface area contributed by atoms with Crippen LogP contribution in [0.3, 0.4) is 0 Å². The fourth-order valence-electron chi connectivity index (χ4n) is 2.29. The number of benzene rings is 1. The molecule has 0 spiro atoms. The molecule has 3 rings (SSSR count). The molecule has 0 atom stereocenters. The third-order valence-corrected chi connectivity index (χ3v) is 3.55. The molecule has 1 aromatic carbocycles. The smallest absolute Gasteiger partial charge is 0.341 e. The van der Waals surface area contributed by atoms with Crippen LogP contribution in [0.25, 0.3) is 5.69 Å². The number of halogens is 1. The van der Waals surface area contributed by atoms with Crippen LogP contribution in [0.4, 0.5) is 0 Å². The normalized spacial score (nSPS) is 14.3. The van der Waals surface area contributed by atoms with Crippen LogP contribution in [0.1, 0.15) is 41.7 Å². The Morgan fingerprint density at radius 2 is 2.30 bits per heavy atom. The van der Waals surface area contributed by atoms with Gasteiger partial charge in [-0.3, -0.25) is 0 Å². The lowest BCUT2D eigenvalue weighted by atomic mass is 10.1. The van der Waals surface area contributed by atoms with Crippen LogP contribution in [-0.2, 0) is 4.74 Å². The zero-order valence-electron chi connectivity index (χ0n) is 11.2. The topological polar surface area (TPSA) is 44.1 Å². The van der Waals surface area contributed by atoms with Crippen molar-refractivity contribution in [3.63, 3.8) is 0 Å². The lowest BCUT2D eigenvalue weighted by Gasteiger charge is -2.09. The first-order chi connectivity index (χ1) is 9.70. The van der Waals surface area contributed by atoms with Gasteiger partial charge in [0.15, 0.2) is 0 Å². The van der Waals surface area contributed by atoms with E-state index in [-0.39, 0.29) is 5.97 Å². The van der Waals surface area contributed by atoms with Gasteiger partial charge in [0.1, 0.15) is 5.56 Å². The molecule has 1 aliphatic carbocycles. The van der Waals surface area contributed by atoms with Crippen LogP contribution in [0.5, 0.6) is 0 Å². The minimum atomic E-state index is -0.303. The van der Waals surface area contributed by atoms with Crippen LogP contribution in [0.15, 0.2) is 30.5 Å². The maximum atomic E-state index is 12.0. The quantitative estimate of drug-likeness (QED) is 0.809. The lowest BCUT2D eigenvalue weighted by Crippen LogP contribution is -2.09.